The van der Waals surface area contributed by atoms with Crippen LogP contribution in [0.15, 0.2) is 23.6 Å². The van der Waals surface area contributed by atoms with Gasteiger partial charge in [-0.2, -0.15) is 0 Å². The van der Waals surface area contributed by atoms with Crippen molar-refractivity contribution in [2.75, 3.05) is 13.1 Å². The lowest BCUT2D eigenvalue weighted by molar-refractivity contribution is 0.0708. The monoisotopic (exact) mass is 385 g/mol. The summed E-state index contributed by atoms with van der Waals surface area (Å²) in [6.45, 7) is 5.23. The molecule has 134 valence electrons. The van der Waals surface area contributed by atoms with Crippen LogP contribution < -0.4 is 0 Å². The molecular weight excluding hydrogens is 366 g/mol. The molecule has 3 aromatic heterocycles. The summed E-state index contributed by atoms with van der Waals surface area (Å²) in [7, 11) is 0. The molecule has 1 amide bonds. The highest BCUT2D eigenvalue weighted by Gasteiger charge is 2.29. The maximum Gasteiger partial charge on any atom is 0.267 e. The Balaban J connectivity index is 1.58. The molecular formula is C18H19N5OS2. The van der Waals surface area contributed by atoms with Crippen molar-refractivity contribution in [2.45, 2.75) is 32.6 Å². The molecule has 0 aromatic carbocycles. The molecule has 0 bridgehead atoms. The van der Waals surface area contributed by atoms with Crippen LogP contribution in [0, 0.1) is 13.8 Å². The fraction of sp³-hybridized carbons (Fsp3) is 0.389. The predicted octanol–water partition coefficient (Wildman–Crippen LogP) is 3.69. The summed E-state index contributed by atoms with van der Waals surface area (Å²) in [6, 6.07) is 6.13. The second-order valence-electron chi connectivity index (χ2n) is 6.51. The lowest BCUT2D eigenvalue weighted by Gasteiger charge is -2.32. The Morgan fingerprint density at radius 2 is 2.19 bits per heavy atom. The summed E-state index contributed by atoms with van der Waals surface area (Å²) >= 11 is 2.85. The van der Waals surface area contributed by atoms with E-state index in [1.807, 2.05) is 30.9 Å². The average molecular weight is 386 g/mol. The van der Waals surface area contributed by atoms with Gasteiger partial charge in [0.15, 0.2) is 0 Å². The van der Waals surface area contributed by atoms with Crippen molar-refractivity contribution < 1.29 is 4.79 Å². The molecule has 8 heteroatoms. The topological polar surface area (TPSA) is 71.9 Å². The maximum absolute atomic E-state index is 12.8. The molecule has 1 aliphatic heterocycles. The largest absolute Gasteiger partial charge is 0.337 e. The van der Waals surface area contributed by atoms with E-state index < -0.39 is 0 Å². The number of hydrogen-bond donors (Lipinski definition) is 0. The van der Waals surface area contributed by atoms with Crippen LogP contribution in [0.25, 0.3) is 10.6 Å². The van der Waals surface area contributed by atoms with E-state index in [9.17, 15) is 4.79 Å². The third-order valence-electron chi connectivity index (χ3n) is 4.56. The molecule has 26 heavy (non-hydrogen) atoms. The van der Waals surface area contributed by atoms with E-state index in [1.54, 1.807) is 11.3 Å². The minimum absolute atomic E-state index is 0.0216. The minimum atomic E-state index is 0.0216. The number of rotatable bonds is 3. The lowest BCUT2D eigenvalue weighted by atomic mass is 9.96. The molecule has 6 nitrogen and oxygen atoms in total. The highest BCUT2D eigenvalue weighted by atomic mass is 32.1. The van der Waals surface area contributed by atoms with E-state index >= 15 is 0 Å². The van der Waals surface area contributed by atoms with Crippen LogP contribution in [-0.2, 0) is 0 Å². The van der Waals surface area contributed by atoms with Gasteiger partial charge in [-0.25, -0.2) is 9.97 Å². The Kier molecular flexibility index (Phi) is 4.78. The van der Waals surface area contributed by atoms with Crippen LogP contribution in [0.3, 0.4) is 0 Å². The highest BCUT2D eigenvalue weighted by molar-refractivity contribution is 7.13. The summed E-state index contributed by atoms with van der Waals surface area (Å²) in [5, 5.41) is 6.01. The zero-order chi connectivity index (χ0) is 18.1. The molecule has 1 aliphatic rings. The molecule has 1 fully saturated rings. The number of amides is 1. The maximum atomic E-state index is 12.8. The van der Waals surface area contributed by atoms with Crippen LogP contribution >= 0.6 is 22.9 Å². The molecule has 4 heterocycles. The second kappa shape index (κ2) is 7.20. The molecule has 0 radical (unpaired) electrons. The Morgan fingerprint density at radius 3 is 2.92 bits per heavy atom. The summed E-state index contributed by atoms with van der Waals surface area (Å²) in [5.74, 6) is 1.02. The number of likely N-dealkylation sites (tertiary alicyclic amines) is 1. The molecule has 1 saturated heterocycles. The van der Waals surface area contributed by atoms with E-state index in [0.717, 1.165) is 41.5 Å². The zero-order valence-electron chi connectivity index (χ0n) is 14.7. The molecule has 3 aromatic rings. The first-order valence-electron chi connectivity index (χ1n) is 8.59. The van der Waals surface area contributed by atoms with Gasteiger partial charge in [-0.15, -0.1) is 16.4 Å². The standard InChI is InChI=1S/C18H19N5OS2/c1-11-9-14(15-6-4-8-25-15)20-17(19-11)13-5-3-7-23(10-13)18(24)16-12(2)21-22-26-16/h4,6,8-9,13H,3,5,7,10H2,1-2H3/t13-/m0/s1. The van der Waals surface area contributed by atoms with Crippen LogP contribution in [0.5, 0.6) is 0 Å². The predicted molar refractivity (Wildman–Crippen MR) is 103 cm³/mol. The van der Waals surface area contributed by atoms with Gasteiger partial charge in [0.2, 0.25) is 0 Å². The SMILES string of the molecule is Cc1cc(-c2cccs2)nc([C@H]2CCCN(C(=O)c3snnc3C)C2)n1. The number of nitrogens with zero attached hydrogens (tertiary/aromatic N) is 5. The highest BCUT2D eigenvalue weighted by Crippen LogP contribution is 2.29. The number of carbonyl (C=O) groups excluding carboxylic acids is 1. The van der Waals surface area contributed by atoms with Gasteiger partial charge < -0.3 is 4.90 Å². The first-order chi connectivity index (χ1) is 12.6. The van der Waals surface area contributed by atoms with Crippen molar-refractivity contribution in [3.05, 3.63) is 45.7 Å². The summed E-state index contributed by atoms with van der Waals surface area (Å²) in [6.07, 6.45) is 1.95. The molecule has 0 saturated carbocycles. The van der Waals surface area contributed by atoms with Gasteiger partial charge in [-0.3, -0.25) is 4.79 Å². The van der Waals surface area contributed by atoms with Crippen LogP contribution in [-0.4, -0.2) is 43.5 Å². The molecule has 0 spiro atoms. The normalized spacial score (nSPS) is 17.5. The average Bonchev–Trinajstić information content (AvgIpc) is 3.32. The Labute approximate surface area is 160 Å². The number of thiophene rings is 1. The number of piperidine rings is 1. The first kappa shape index (κ1) is 17.2. The van der Waals surface area contributed by atoms with Crippen molar-refractivity contribution in [3.8, 4) is 10.6 Å². The quantitative estimate of drug-likeness (QED) is 0.687. The molecule has 1 atom stereocenters. The third-order valence-corrected chi connectivity index (χ3v) is 6.27. The Hall–Kier alpha value is -2.19. The molecule has 4 rings (SSSR count). The van der Waals surface area contributed by atoms with Crippen LogP contribution in [0.1, 0.15) is 45.6 Å². The van der Waals surface area contributed by atoms with Gasteiger partial charge in [0.05, 0.1) is 16.3 Å². The fourth-order valence-electron chi connectivity index (χ4n) is 3.27. The van der Waals surface area contributed by atoms with Gasteiger partial charge >= 0.3 is 0 Å². The number of carbonyl (C=O) groups is 1. The lowest BCUT2D eigenvalue weighted by Crippen LogP contribution is -2.39. The van der Waals surface area contributed by atoms with Gasteiger partial charge in [-0.1, -0.05) is 10.6 Å². The van der Waals surface area contributed by atoms with Crippen molar-refractivity contribution >= 4 is 28.8 Å². The van der Waals surface area contributed by atoms with E-state index in [-0.39, 0.29) is 11.8 Å². The number of aryl methyl sites for hydroxylation is 2. The Bertz CT molecular complexity index is 922. The fourth-order valence-corrected chi connectivity index (χ4v) is 4.58. The number of aromatic nitrogens is 4. The molecule has 0 unspecified atom stereocenters. The smallest absolute Gasteiger partial charge is 0.267 e. The van der Waals surface area contributed by atoms with Crippen molar-refractivity contribution in [3.63, 3.8) is 0 Å². The Morgan fingerprint density at radius 1 is 1.31 bits per heavy atom. The first-order valence-corrected chi connectivity index (χ1v) is 10.2. The summed E-state index contributed by atoms with van der Waals surface area (Å²) in [5.41, 5.74) is 2.63. The van der Waals surface area contributed by atoms with Gasteiger partial charge in [0, 0.05) is 24.7 Å². The van der Waals surface area contributed by atoms with Crippen LogP contribution in [0.4, 0.5) is 0 Å². The zero-order valence-corrected chi connectivity index (χ0v) is 16.3. The number of hydrogen-bond acceptors (Lipinski definition) is 7. The van der Waals surface area contributed by atoms with Crippen molar-refractivity contribution in [2.24, 2.45) is 0 Å². The van der Waals surface area contributed by atoms with E-state index in [1.165, 1.54) is 11.5 Å². The van der Waals surface area contributed by atoms with E-state index in [4.69, 9.17) is 4.98 Å². The van der Waals surface area contributed by atoms with E-state index in [2.05, 4.69) is 26.0 Å². The van der Waals surface area contributed by atoms with Crippen molar-refractivity contribution in [1.82, 2.24) is 24.5 Å². The second-order valence-corrected chi connectivity index (χ2v) is 8.21. The van der Waals surface area contributed by atoms with Crippen LogP contribution in [0.2, 0.25) is 0 Å². The summed E-state index contributed by atoms with van der Waals surface area (Å²) < 4.78 is 3.89. The summed E-state index contributed by atoms with van der Waals surface area (Å²) in [4.78, 5) is 26.0. The van der Waals surface area contributed by atoms with Gasteiger partial charge in [0.1, 0.15) is 10.7 Å². The minimum Gasteiger partial charge on any atom is -0.337 e. The molecule has 0 aliphatic carbocycles. The molecule has 0 N–H and O–H groups in total. The van der Waals surface area contributed by atoms with Gasteiger partial charge in [-0.05, 0) is 55.7 Å². The van der Waals surface area contributed by atoms with E-state index in [0.29, 0.717) is 17.1 Å². The van der Waals surface area contributed by atoms with Gasteiger partial charge in [0.25, 0.3) is 5.91 Å². The third kappa shape index (κ3) is 3.39. The van der Waals surface area contributed by atoms with Crippen molar-refractivity contribution in [1.29, 1.82) is 0 Å².